The summed E-state index contributed by atoms with van der Waals surface area (Å²) in [6.07, 6.45) is 3.62. The first-order valence-electron chi connectivity index (χ1n) is 9.57. The number of carbonyl (C=O) groups is 3. The Balaban J connectivity index is 0.000000523. The Hall–Kier alpha value is -3.57. The van der Waals surface area contributed by atoms with Gasteiger partial charge in [-0.25, -0.2) is 24.5 Å². The molecule has 4 heterocycles. The normalized spacial score (nSPS) is 17.8. The van der Waals surface area contributed by atoms with Crippen molar-refractivity contribution in [1.82, 2.24) is 24.8 Å². The maximum Gasteiger partial charge on any atom is 0.412 e. The Kier molecular flexibility index (Phi) is 7.33. The summed E-state index contributed by atoms with van der Waals surface area (Å²) >= 11 is 5.89. The number of hydrogen-bond donors (Lipinski definition) is 1. The van der Waals surface area contributed by atoms with Crippen LogP contribution in [0.5, 0.6) is 0 Å². The number of piperazine rings is 1. The lowest BCUT2D eigenvalue weighted by Crippen LogP contribution is -2.48. The first kappa shape index (κ1) is 23.1. The van der Waals surface area contributed by atoms with Crippen molar-refractivity contribution in [2.75, 3.05) is 38.1 Å². The molecule has 2 aliphatic heterocycles. The standard InChI is InChI=1S/C17H17ClN6O3.C3H4O2/c1-22-6-8-23(9-7-22)17(26)27-16-14-13(19-4-5-20-14)15(25)24(16)12-3-2-11(18)10-21-12;1-2-3(4)5/h2-5,10,16H,6-9H2,1H3;2H,1H2,(H,4,5)/t16-;/m0./s1. The topological polar surface area (TPSA) is 129 Å². The van der Waals surface area contributed by atoms with Crippen molar-refractivity contribution in [1.29, 1.82) is 0 Å². The largest absolute Gasteiger partial charge is 0.478 e. The van der Waals surface area contributed by atoms with Gasteiger partial charge in [0.05, 0.1) is 5.02 Å². The summed E-state index contributed by atoms with van der Waals surface area (Å²) in [7, 11) is 2.00. The van der Waals surface area contributed by atoms with E-state index in [-0.39, 0.29) is 5.69 Å². The number of ether oxygens (including phenoxy) is 1. The van der Waals surface area contributed by atoms with Crippen LogP contribution in [0.25, 0.3) is 0 Å². The monoisotopic (exact) mass is 460 g/mol. The van der Waals surface area contributed by atoms with Crippen LogP contribution in [-0.4, -0.2) is 81.1 Å². The summed E-state index contributed by atoms with van der Waals surface area (Å²) in [6, 6.07) is 3.20. The molecule has 2 aromatic rings. The van der Waals surface area contributed by atoms with Gasteiger partial charge in [0.15, 0.2) is 5.69 Å². The molecule has 1 saturated heterocycles. The number of pyridine rings is 1. The van der Waals surface area contributed by atoms with Crippen LogP contribution in [0.3, 0.4) is 0 Å². The summed E-state index contributed by atoms with van der Waals surface area (Å²) < 4.78 is 5.68. The first-order chi connectivity index (χ1) is 15.3. The summed E-state index contributed by atoms with van der Waals surface area (Å²) in [5.41, 5.74) is 0.437. The van der Waals surface area contributed by atoms with Crippen molar-refractivity contribution in [2.24, 2.45) is 0 Å². The number of amides is 2. The van der Waals surface area contributed by atoms with Crippen molar-refractivity contribution >= 4 is 35.4 Å². The van der Waals surface area contributed by atoms with Crippen LogP contribution in [0.1, 0.15) is 22.4 Å². The molecule has 0 bridgehead atoms. The highest BCUT2D eigenvalue weighted by molar-refractivity contribution is 6.30. The van der Waals surface area contributed by atoms with Gasteiger partial charge in [-0.1, -0.05) is 18.2 Å². The molecule has 12 heteroatoms. The number of likely N-dealkylation sites (N-methyl/N-ethyl adjacent to an activating group) is 1. The Bertz CT molecular complexity index is 1010. The predicted octanol–water partition coefficient (Wildman–Crippen LogP) is 1.82. The van der Waals surface area contributed by atoms with E-state index in [1.54, 1.807) is 17.0 Å². The van der Waals surface area contributed by atoms with E-state index in [1.165, 1.54) is 23.5 Å². The fourth-order valence-corrected chi connectivity index (χ4v) is 3.15. The average Bonchev–Trinajstić information content (AvgIpc) is 3.07. The molecule has 11 nitrogen and oxygen atoms in total. The van der Waals surface area contributed by atoms with Gasteiger partial charge in [-0.2, -0.15) is 0 Å². The number of hydrogen-bond acceptors (Lipinski definition) is 8. The van der Waals surface area contributed by atoms with Crippen LogP contribution in [0, 0.1) is 0 Å². The maximum atomic E-state index is 12.8. The molecule has 0 radical (unpaired) electrons. The second-order valence-electron chi connectivity index (χ2n) is 6.87. The van der Waals surface area contributed by atoms with E-state index in [4.69, 9.17) is 21.4 Å². The smallest absolute Gasteiger partial charge is 0.412 e. The highest BCUT2D eigenvalue weighted by atomic mass is 35.5. The fourth-order valence-electron chi connectivity index (χ4n) is 3.04. The molecule has 0 aliphatic carbocycles. The van der Waals surface area contributed by atoms with Gasteiger partial charge in [0.2, 0.25) is 6.23 Å². The second-order valence-corrected chi connectivity index (χ2v) is 7.31. The number of halogens is 1. The highest BCUT2D eigenvalue weighted by Crippen LogP contribution is 2.35. The molecule has 2 amide bonds. The number of nitrogens with zero attached hydrogens (tertiary/aromatic N) is 6. The Morgan fingerprint density at radius 3 is 2.44 bits per heavy atom. The molecule has 0 aromatic carbocycles. The number of carboxylic acids is 1. The lowest BCUT2D eigenvalue weighted by atomic mass is 10.3. The van der Waals surface area contributed by atoms with Crippen LogP contribution in [0.15, 0.2) is 43.4 Å². The lowest BCUT2D eigenvalue weighted by Gasteiger charge is -2.33. The van der Waals surface area contributed by atoms with E-state index >= 15 is 0 Å². The maximum absolute atomic E-state index is 12.8. The Morgan fingerprint density at radius 1 is 1.19 bits per heavy atom. The summed E-state index contributed by atoms with van der Waals surface area (Å²) in [4.78, 5) is 52.3. The third-order valence-electron chi connectivity index (χ3n) is 4.72. The van der Waals surface area contributed by atoms with Crippen molar-refractivity contribution < 1.29 is 24.2 Å². The molecule has 4 rings (SSSR count). The van der Waals surface area contributed by atoms with Gasteiger partial charge in [-0.05, 0) is 19.2 Å². The minimum Gasteiger partial charge on any atom is -0.478 e. The van der Waals surface area contributed by atoms with Gasteiger partial charge in [0.25, 0.3) is 5.91 Å². The quantitative estimate of drug-likeness (QED) is 0.681. The number of aliphatic carboxylic acids is 1. The van der Waals surface area contributed by atoms with Gasteiger partial charge in [0, 0.05) is 50.8 Å². The van der Waals surface area contributed by atoms with Crippen molar-refractivity contribution in [3.8, 4) is 0 Å². The predicted molar refractivity (Wildman–Crippen MR) is 114 cm³/mol. The van der Waals surface area contributed by atoms with Crippen LogP contribution in [0.2, 0.25) is 5.02 Å². The van der Waals surface area contributed by atoms with Crippen molar-refractivity contribution in [2.45, 2.75) is 6.23 Å². The van der Waals surface area contributed by atoms with Gasteiger partial charge in [-0.15, -0.1) is 0 Å². The van der Waals surface area contributed by atoms with E-state index < -0.39 is 24.2 Å². The van der Waals surface area contributed by atoms with Crippen molar-refractivity contribution in [3.05, 3.63) is 59.8 Å². The third-order valence-corrected chi connectivity index (χ3v) is 4.95. The molecule has 1 fully saturated rings. The number of carbonyl (C=O) groups excluding carboxylic acids is 2. The van der Waals surface area contributed by atoms with Gasteiger partial charge in [0.1, 0.15) is 11.5 Å². The molecule has 2 aliphatic rings. The zero-order valence-electron chi connectivity index (χ0n) is 17.2. The SMILES string of the molecule is C=CC(=O)O.CN1CCN(C(=O)O[C@H]2c3nccnc3C(=O)N2c2ccc(Cl)cn2)CC1. The zero-order chi connectivity index (χ0) is 23.3. The summed E-state index contributed by atoms with van der Waals surface area (Å²) in [5.74, 6) is -1.10. The van der Waals surface area contributed by atoms with E-state index in [0.717, 1.165) is 19.2 Å². The molecule has 0 spiro atoms. The Morgan fingerprint density at radius 2 is 1.84 bits per heavy atom. The third kappa shape index (κ3) is 5.18. The van der Waals surface area contributed by atoms with Crippen molar-refractivity contribution in [3.63, 3.8) is 0 Å². The lowest BCUT2D eigenvalue weighted by molar-refractivity contribution is -0.131. The molecule has 32 heavy (non-hydrogen) atoms. The van der Waals surface area contributed by atoms with Crippen LogP contribution in [0.4, 0.5) is 10.6 Å². The molecular weight excluding hydrogens is 440 g/mol. The van der Waals surface area contributed by atoms with Gasteiger partial charge in [-0.3, -0.25) is 9.78 Å². The van der Waals surface area contributed by atoms with Gasteiger partial charge >= 0.3 is 12.1 Å². The van der Waals surface area contributed by atoms with Crippen LogP contribution < -0.4 is 4.90 Å². The van der Waals surface area contributed by atoms with E-state index in [0.29, 0.717) is 29.6 Å². The molecule has 0 unspecified atom stereocenters. The highest BCUT2D eigenvalue weighted by Gasteiger charge is 2.44. The van der Waals surface area contributed by atoms with E-state index in [2.05, 4.69) is 26.4 Å². The summed E-state index contributed by atoms with van der Waals surface area (Å²) in [5, 5.41) is 8.04. The second kappa shape index (κ2) is 10.2. The van der Waals surface area contributed by atoms with Crippen LogP contribution >= 0.6 is 11.6 Å². The number of carboxylic acid groups (broad SMARTS) is 1. The fraction of sp³-hybridized carbons (Fsp3) is 0.300. The molecule has 1 atom stereocenters. The zero-order valence-corrected chi connectivity index (χ0v) is 18.0. The van der Waals surface area contributed by atoms with E-state index in [9.17, 15) is 14.4 Å². The minimum absolute atomic E-state index is 0.144. The van der Waals surface area contributed by atoms with Gasteiger partial charge < -0.3 is 19.6 Å². The number of rotatable bonds is 3. The number of aromatic nitrogens is 3. The summed E-state index contributed by atoms with van der Waals surface area (Å²) in [6.45, 7) is 5.60. The minimum atomic E-state index is -1.03. The molecule has 1 N–H and O–H groups in total. The molecule has 0 saturated carbocycles. The first-order valence-corrected chi connectivity index (χ1v) is 9.95. The molecule has 2 aromatic heterocycles. The Labute approximate surface area is 188 Å². The average molecular weight is 461 g/mol. The van der Waals surface area contributed by atoms with Crippen LogP contribution in [-0.2, 0) is 9.53 Å². The molecular formula is C20H21ClN6O5. The number of anilines is 1. The number of fused-ring (bicyclic) bond motifs is 1. The molecule has 168 valence electrons. The van der Waals surface area contributed by atoms with E-state index in [1.807, 2.05) is 7.05 Å².